The summed E-state index contributed by atoms with van der Waals surface area (Å²) in [6, 6.07) is 8.87. The maximum absolute atomic E-state index is 5.08. The molecular formula is C16H26INO. The first kappa shape index (κ1) is 16.9. The highest BCUT2D eigenvalue weighted by Crippen LogP contribution is 2.28. The number of hydrogen-bond donors (Lipinski definition) is 1. The van der Waals surface area contributed by atoms with Crippen molar-refractivity contribution in [2.24, 2.45) is 11.3 Å². The van der Waals surface area contributed by atoms with Crippen LogP contribution >= 0.6 is 22.6 Å². The van der Waals surface area contributed by atoms with Crippen molar-refractivity contribution in [1.29, 1.82) is 0 Å². The first-order chi connectivity index (χ1) is 8.93. The number of halogens is 1. The van der Waals surface area contributed by atoms with Crippen LogP contribution in [0.15, 0.2) is 24.3 Å². The molecule has 0 heterocycles. The quantitative estimate of drug-likeness (QED) is 0.579. The van der Waals surface area contributed by atoms with Crippen LogP contribution in [0.1, 0.15) is 26.3 Å². The van der Waals surface area contributed by atoms with E-state index in [0.717, 1.165) is 26.1 Å². The molecule has 1 N–H and O–H groups in total. The van der Waals surface area contributed by atoms with Crippen LogP contribution in [0.2, 0.25) is 0 Å². The second kappa shape index (κ2) is 8.22. The van der Waals surface area contributed by atoms with Gasteiger partial charge in [-0.15, -0.1) is 0 Å². The van der Waals surface area contributed by atoms with Crippen LogP contribution in [-0.2, 0) is 11.2 Å². The van der Waals surface area contributed by atoms with Gasteiger partial charge in [-0.25, -0.2) is 0 Å². The Hall–Kier alpha value is -0.130. The third-order valence-electron chi connectivity index (χ3n) is 3.49. The smallest absolute Gasteiger partial charge is 0.0587 e. The van der Waals surface area contributed by atoms with Gasteiger partial charge in [-0.2, -0.15) is 0 Å². The van der Waals surface area contributed by atoms with Crippen LogP contribution in [0, 0.1) is 14.9 Å². The molecular weight excluding hydrogens is 349 g/mol. The first-order valence-electron chi connectivity index (χ1n) is 6.87. The van der Waals surface area contributed by atoms with Gasteiger partial charge in [0.25, 0.3) is 0 Å². The van der Waals surface area contributed by atoms with Crippen LogP contribution < -0.4 is 5.32 Å². The Balaban J connectivity index is 2.57. The van der Waals surface area contributed by atoms with E-state index in [1.165, 1.54) is 9.13 Å². The second-order valence-electron chi connectivity index (χ2n) is 6.09. The van der Waals surface area contributed by atoms with Gasteiger partial charge in [-0.1, -0.05) is 32.9 Å². The lowest BCUT2D eigenvalue weighted by Crippen LogP contribution is -2.34. The van der Waals surface area contributed by atoms with Gasteiger partial charge in [0.2, 0.25) is 0 Å². The molecule has 1 rings (SSSR count). The molecule has 1 aromatic carbocycles. The summed E-state index contributed by atoms with van der Waals surface area (Å²) < 4.78 is 6.38. The van der Waals surface area contributed by atoms with Gasteiger partial charge in [0.1, 0.15) is 0 Å². The Labute approximate surface area is 131 Å². The van der Waals surface area contributed by atoms with E-state index < -0.39 is 0 Å². The molecule has 108 valence electrons. The maximum Gasteiger partial charge on any atom is 0.0587 e. The fraction of sp³-hybridized carbons (Fsp3) is 0.625. The van der Waals surface area contributed by atoms with Gasteiger partial charge in [0, 0.05) is 17.2 Å². The number of nitrogens with one attached hydrogen (secondary N) is 1. The van der Waals surface area contributed by atoms with Crippen LogP contribution in [0.25, 0.3) is 0 Å². The summed E-state index contributed by atoms with van der Waals surface area (Å²) in [6.07, 6.45) is 1.13. The van der Waals surface area contributed by atoms with Gasteiger partial charge in [0.05, 0.1) is 6.61 Å². The summed E-state index contributed by atoms with van der Waals surface area (Å²) in [7, 11) is 1.74. The van der Waals surface area contributed by atoms with Crippen molar-refractivity contribution >= 4 is 22.6 Å². The molecule has 2 nitrogen and oxygen atoms in total. The largest absolute Gasteiger partial charge is 0.383 e. The third kappa shape index (κ3) is 6.72. The van der Waals surface area contributed by atoms with E-state index in [1.54, 1.807) is 7.11 Å². The van der Waals surface area contributed by atoms with E-state index >= 15 is 0 Å². The zero-order chi connectivity index (χ0) is 14.3. The number of benzene rings is 1. The third-order valence-corrected chi connectivity index (χ3v) is 4.21. The number of rotatable bonds is 7. The van der Waals surface area contributed by atoms with Crippen molar-refractivity contribution in [2.45, 2.75) is 27.2 Å². The van der Waals surface area contributed by atoms with Crippen LogP contribution in [0.5, 0.6) is 0 Å². The Morgan fingerprint density at radius 1 is 1.21 bits per heavy atom. The Bertz CT molecular complexity index is 356. The standard InChI is InChI=1S/C16H26INO/c1-16(2,3)14(12-18-9-10-19-4)11-13-5-7-15(17)8-6-13/h5-8,14,18H,9-12H2,1-4H3. The molecule has 0 radical (unpaired) electrons. The average molecular weight is 375 g/mol. The zero-order valence-electron chi connectivity index (χ0n) is 12.5. The van der Waals surface area contributed by atoms with Gasteiger partial charge in [-0.05, 0) is 64.6 Å². The molecule has 0 bridgehead atoms. The van der Waals surface area contributed by atoms with E-state index in [-0.39, 0.29) is 0 Å². The molecule has 0 saturated carbocycles. The van der Waals surface area contributed by atoms with Gasteiger partial charge >= 0.3 is 0 Å². The molecule has 0 aliphatic heterocycles. The fourth-order valence-electron chi connectivity index (χ4n) is 2.04. The minimum atomic E-state index is 0.309. The molecule has 19 heavy (non-hydrogen) atoms. The Morgan fingerprint density at radius 2 is 1.84 bits per heavy atom. The van der Waals surface area contributed by atoms with E-state index in [2.05, 4.69) is 72.9 Å². The molecule has 0 spiro atoms. The normalized spacial score (nSPS) is 13.5. The van der Waals surface area contributed by atoms with Gasteiger partial charge in [0.15, 0.2) is 0 Å². The lowest BCUT2D eigenvalue weighted by Gasteiger charge is -2.31. The predicted molar refractivity (Wildman–Crippen MR) is 90.6 cm³/mol. The minimum Gasteiger partial charge on any atom is -0.383 e. The Kier molecular flexibility index (Phi) is 7.32. The SMILES string of the molecule is COCCNCC(Cc1ccc(I)cc1)C(C)(C)C. The highest BCUT2D eigenvalue weighted by Gasteiger charge is 2.24. The van der Waals surface area contributed by atoms with E-state index in [1.807, 2.05) is 0 Å². The topological polar surface area (TPSA) is 21.3 Å². The summed E-state index contributed by atoms with van der Waals surface area (Å²) in [5.41, 5.74) is 1.73. The van der Waals surface area contributed by atoms with Crippen molar-refractivity contribution in [3.8, 4) is 0 Å². The molecule has 3 heteroatoms. The molecule has 1 unspecified atom stereocenters. The molecule has 0 aliphatic carbocycles. The highest BCUT2D eigenvalue weighted by molar-refractivity contribution is 14.1. The minimum absolute atomic E-state index is 0.309. The van der Waals surface area contributed by atoms with Crippen molar-refractivity contribution in [3.63, 3.8) is 0 Å². The lowest BCUT2D eigenvalue weighted by atomic mass is 9.77. The fourth-order valence-corrected chi connectivity index (χ4v) is 2.40. The zero-order valence-corrected chi connectivity index (χ0v) is 14.7. The Morgan fingerprint density at radius 3 is 2.37 bits per heavy atom. The van der Waals surface area contributed by atoms with Crippen LogP contribution in [0.4, 0.5) is 0 Å². The number of methoxy groups -OCH3 is 1. The molecule has 0 saturated heterocycles. The van der Waals surface area contributed by atoms with Crippen molar-refractivity contribution in [3.05, 3.63) is 33.4 Å². The summed E-state index contributed by atoms with van der Waals surface area (Å²) in [4.78, 5) is 0. The second-order valence-corrected chi connectivity index (χ2v) is 7.34. The predicted octanol–water partition coefficient (Wildman–Crippen LogP) is 3.73. The lowest BCUT2D eigenvalue weighted by molar-refractivity contribution is 0.186. The first-order valence-corrected chi connectivity index (χ1v) is 7.95. The molecule has 0 aromatic heterocycles. The highest BCUT2D eigenvalue weighted by atomic mass is 127. The number of ether oxygens (including phenoxy) is 1. The molecule has 1 atom stereocenters. The maximum atomic E-state index is 5.08. The van der Waals surface area contributed by atoms with Gasteiger partial charge in [-0.3, -0.25) is 0 Å². The van der Waals surface area contributed by atoms with Crippen LogP contribution in [-0.4, -0.2) is 26.8 Å². The summed E-state index contributed by atoms with van der Waals surface area (Å²) >= 11 is 2.35. The molecule has 0 aliphatic rings. The monoisotopic (exact) mass is 375 g/mol. The van der Waals surface area contributed by atoms with Crippen LogP contribution in [0.3, 0.4) is 0 Å². The summed E-state index contributed by atoms with van der Waals surface area (Å²) in [5.74, 6) is 0.629. The van der Waals surface area contributed by atoms with Crippen molar-refractivity contribution in [1.82, 2.24) is 5.32 Å². The molecule has 0 fully saturated rings. The van der Waals surface area contributed by atoms with Crippen molar-refractivity contribution in [2.75, 3.05) is 26.8 Å². The average Bonchev–Trinajstić information content (AvgIpc) is 2.34. The van der Waals surface area contributed by atoms with Crippen molar-refractivity contribution < 1.29 is 4.74 Å². The molecule has 1 aromatic rings. The molecule has 0 amide bonds. The number of hydrogen-bond acceptors (Lipinski definition) is 2. The van der Waals surface area contributed by atoms with Gasteiger partial charge < -0.3 is 10.1 Å². The summed E-state index contributed by atoms with van der Waals surface area (Å²) in [6.45, 7) is 9.71. The van der Waals surface area contributed by atoms with E-state index in [0.29, 0.717) is 11.3 Å². The van der Waals surface area contributed by atoms with E-state index in [4.69, 9.17) is 4.74 Å². The summed E-state index contributed by atoms with van der Waals surface area (Å²) in [5, 5.41) is 3.50. The van der Waals surface area contributed by atoms with E-state index in [9.17, 15) is 0 Å².